The molecule has 0 spiro atoms. The quantitative estimate of drug-likeness (QED) is 0.813. The highest BCUT2D eigenvalue weighted by Gasteiger charge is 2.42. The van der Waals surface area contributed by atoms with Crippen LogP contribution in [0.15, 0.2) is 36.4 Å². The molecule has 2 heterocycles. The summed E-state index contributed by atoms with van der Waals surface area (Å²) in [4.78, 5) is 13.3. The molecule has 0 aromatic heterocycles. The molecular formula is C21H23ClF2N2O2. The molecule has 7 heteroatoms. The van der Waals surface area contributed by atoms with Gasteiger partial charge in [-0.25, -0.2) is 8.78 Å². The molecule has 2 aromatic carbocycles. The number of rotatable bonds is 3. The maximum Gasteiger partial charge on any atom is 0.235 e. The molecular weight excluding hydrogens is 386 g/mol. The van der Waals surface area contributed by atoms with Gasteiger partial charge in [-0.05, 0) is 60.7 Å². The van der Waals surface area contributed by atoms with E-state index in [2.05, 4.69) is 10.6 Å². The van der Waals surface area contributed by atoms with Gasteiger partial charge in [-0.1, -0.05) is 18.2 Å². The van der Waals surface area contributed by atoms with Crippen molar-refractivity contribution in [1.82, 2.24) is 5.32 Å². The molecule has 0 radical (unpaired) electrons. The Morgan fingerprint density at radius 3 is 2.50 bits per heavy atom. The highest BCUT2D eigenvalue weighted by molar-refractivity contribution is 5.99. The zero-order chi connectivity index (χ0) is 18.9. The summed E-state index contributed by atoms with van der Waals surface area (Å²) in [6.07, 6.45) is 1.55. The summed E-state index contributed by atoms with van der Waals surface area (Å²) >= 11 is 0. The van der Waals surface area contributed by atoms with Crippen molar-refractivity contribution in [3.63, 3.8) is 0 Å². The van der Waals surface area contributed by atoms with E-state index in [1.807, 2.05) is 6.07 Å². The van der Waals surface area contributed by atoms with Crippen LogP contribution in [0.25, 0.3) is 0 Å². The Bertz CT molecular complexity index is 852. The Labute approximate surface area is 169 Å². The zero-order valence-corrected chi connectivity index (χ0v) is 16.2. The van der Waals surface area contributed by atoms with E-state index in [4.69, 9.17) is 4.74 Å². The third-order valence-electron chi connectivity index (χ3n) is 5.63. The number of ether oxygens (including phenoxy) is 1. The van der Waals surface area contributed by atoms with E-state index in [1.54, 1.807) is 18.2 Å². The molecule has 4 nitrogen and oxygen atoms in total. The van der Waals surface area contributed by atoms with E-state index in [0.29, 0.717) is 44.6 Å². The lowest BCUT2D eigenvalue weighted by molar-refractivity contribution is -0.125. The van der Waals surface area contributed by atoms with Crippen molar-refractivity contribution in [2.24, 2.45) is 0 Å². The van der Waals surface area contributed by atoms with E-state index in [1.165, 1.54) is 12.1 Å². The van der Waals surface area contributed by atoms with Gasteiger partial charge in [0, 0.05) is 19.8 Å². The van der Waals surface area contributed by atoms with Crippen molar-refractivity contribution in [2.45, 2.75) is 31.2 Å². The minimum Gasteiger partial charge on any atom is -0.381 e. The molecule has 2 N–H and O–H groups in total. The number of anilines is 1. The van der Waals surface area contributed by atoms with Crippen LogP contribution in [0.1, 0.15) is 29.5 Å². The minimum absolute atomic E-state index is 0. The van der Waals surface area contributed by atoms with E-state index >= 15 is 0 Å². The van der Waals surface area contributed by atoms with Gasteiger partial charge < -0.3 is 15.4 Å². The lowest BCUT2D eigenvalue weighted by Crippen LogP contribution is -2.45. The molecule has 1 fully saturated rings. The smallest absolute Gasteiger partial charge is 0.235 e. The van der Waals surface area contributed by atoms with Crippen molar-refractivity contribution in [3.05, 3.63) is 64.7 Å². The largest absolute Gasteiger partial charge is 0.381 e. The number of carbonyl (C=O) groups is 1. The molecule has 4 rings (SSSR count). The summed E-state index contributed by atoms with van der Waals surface area (Å²) < 4.78 is 33.7. The fraction of sp³-hybridized carbons (Fsp3) is 0.381. The van der Waals surface area contributed by atoms with Gasteiger partial charge in [-0.2, -0.15) is 0 Å². The minimum atomic E-state index is -0.851. The van der Waals surface area contributed by atoms with Crippen LogP contribution in [0.2, 0.25) is 0 Å². The monoisotopic (exact) mass is 408 g/mol. The lowest BCUT2D eigenvalue weighted by atomic mass is 9.73. The zero-order valence-electron chi connectivity index (χ0n) is 15.4. The number of fused-ring (bicyclic) bond motifs is 1. The summed E-state index contributed by atoms with van der Waals surface area (Å²) in [5.41, 5.74) is 1.67. The summed E-state index contributed by atoms with van der Waals surface area (Å²) in [5.74, 6) is -0.982. The molecule has 0 bridgehead atoms. The molecule has 0 aliphatic carbocycles. The van der Waals surface area contributed by atoms with Crippen LogP contribution in [0.5, 0.6) is 0 Å². The first-order chi connectivity index (χ1) is 13.1. The predicted octanol–water partition coefficient (Wildman–Crippen LogP) is 3.72. The van der Waals surface area contributed by atoms with E-state index in [9.17, 15) is 13.6 Å². The first kappa shape index (κ1) is 20.7. The van der Waals surface area contributed by atoms with Crippen molar-refractivity contribution in [1.29, 1.82) is 0 Å². The molecule has 28 heavy (non-hydrogen) atoms. The van der Waals surface area contributed by atoms with Crippen LogP contribution >= 0.6 is 12.4 Å². The Balaban J connectivity index is 0.00000225. The molecule has 0 saturated carbocycles. The standard InChI is InChI=1S/C21H22F2N2O2.ClH/c22-16-4-2-15(3-5-16)21(8-11-27-12-9-21)20(26)25-18-6-1-14-13-24-10-7-17(14)19(18)23;/h1-6,24H,7-13H2,(H,25,26);1H. The van der Waals surface area contributed by atoms with Gasteiger partial charge in [0.05, 0.1) is 11.1 Å². The average molecular weight is 409 g/mol. The summed E-state index contributed by atoms with van der Waals surface area (Å²) in [5, 5.41) is 6.01. The fourth-order valence-electron chi connectivity index (χ4n) is 4.01. The Hall–Kier alpha value is -2.02. The fourth-order valence-corrected chi connectivity index (χ4v) is 4.01. The third-order valence-corrected chi connectivity index (χ3v) is 5.63. The number of amides is 1. The van der Waals surface area contributed by atoms with E-state index < -0.39 is 5.41 Å². The van der Waals surface area contributed by atoms with Gasteiger partial charge in [0.2, 0.25) is 5.91 Å². The second-order valence-corrected chi connectivity index (χ2v) is 7.15. The van der Waals surface area contributed by atoms with Crippen LogP contribution < -0.4 is 10.6 Å². The maximum absolute atomic E-state index is 14.9. The molecule has 1 saturated heterocycles. The van der Waals surface area contributed by atoms with Gasteiger partial charge in [0.15, 0.2) is 0 Å². The molecule has 1 amide bonds. The number of carbonyl (C=O) groups excluding carboxylic acids is 1. The Morgan fingerprint density at radius 2 is 1.79 bits per heavy atom. The van der Waals surface area contributed by atoms with E-state index in [0.717, 1.165) is 17.7 Å². The normalized spacial score (nSPS) is 17.9. The first-order valence-electron chi connectivity index (χ1n) is 9.26. The summed E-state index contributed by atoms with van der Waals surface area (Å²) in [6.45, 7) is 2.22. The predicted molar refractivity (Wildman–Crippen MR) is 106 cm³/mol. The third kappa shape index (κ3) is 3.77. The number of nitrogens with one attached hydrogen (secondary N) is 2. The van der Waals surface area contributed by atoms with Crippen LogP contribution in [-0.2, 0) is 27.9 Å². The summed E-state index contributed by atoms with van der Waals surface area (Å²) in [7, 11) is 0. The highest BCUT2D eigenvalue weighted by atomic mass is 35.5. The van der Waals surface area contributed by atoms with E-state index in [-0.39, 0.29) is 35.6 Å². The number of benzene rings is 2. The van der Waals surface area contributed by atoms with Gasteiger partial charge in [0.1, 0.15) is 11.6 Å². The highest BCUT2D eigenvalue weighted by Crippen LogP contribution is 2.37. The Kier molecular flexibility index (Phi) is 6.33. The van der Waals surface area contributed by atoms with Crippen molar-refractivity contribution in [2.75, 3.05) is 25.1 Å². The molecule has 150 valence electrons. The summed E-state index contributed by atoms with van der Waals surface area (Å²) in [6, 6.07) is 9.45. The number of hydrogen-bond donors (Lipinski definition) is 2. The second kappa shape index (κ2) is 8.55. The van der Waals surface area contributed by atoms with Crippen molar-refractivity contribution >= 4 is 24.0 Å². The topological polar surface area (TPSA) is 50.4 Å². The van der Waals surface area contributed by atoms with Crippen molar-refractivity contribution < 1.29 is 18.3 Å². The van der Waals surface area contributed by atoms with Crippen molar-refractivity contribution in [3.8, 4) is 0 Å². The SMILES string of the molecule is Cl.O=C(Nc1ccc2c(c1F)CCNC2)C1(c2ccc(F)cc2)CCOCC1. The van der Waals surface area contributed by atoms with Crippen LogP contribution in [0.4, 0.5) is 14.5 Å². The maximum atomic E-state index is 14.9. The molecule has 0 atom stereocenters. The van der Waals surface area contributed by atoms with Crippen LogP contribution in [0, 0.1) is 11.6 Å². The second-order valence-electron chi connectivity index (χ2n) is 7.15. The Morgan fingerprint density at radius 1 is 1.07 bits per heavy atom. The lowest BCUT2D eigenvalue weighted by Gasteiger charge is -2.36. The number of hydrogen-bond acceptors (Lipinski definition) is 3. The molecule has 2 aliphatic heterocycles. The number of halogens is 3. The van der Waals surface area contributed by atoms with Gasteiger partial charge in [-0.3, -0.25) is 4.79 Å². The molecule has 0 unspecified atom stereocenters. The molecule has 2 aromatic rings. The van der Waals surface area contributed by atoms with Crippen LogP contribution in [-0.4, -0.2) is 25.7 Å². The molecule has 2 aliphatic rings. The van der Waals surface area contributed by atoms with Gasteiger partial charge in [0.25, 0.3) is 0 Å². The van der Waals surface area contributed by atoms with Gasteiger partial charge >= 0.3 is 0 Å². The first-order valence-corrected chi connectivity index (χ1v) is 9.26. The average Bonchev–Trinajstić information content (AvgIpc) is 2.71. The van der Waals surface area contributed by atoms with Gasteiger partial charge in [-0.15, -0.1) is 12.4 Å². The van der Waals surface area contributed by atoms with Crippen LogP contribution in [0.3, 0.4) is 0 Å².